The Morgan fingerprint density at radius 3 is 2.35 bits per heavy atom. The molecule has 2 atom stereocenters. The smallest absolute Gasteiger partial charge is 0.387 e. The number of carbonyl (C=O) groups is 1. The van der Waals surface area contributed by atoms with Crippen LogP contribution in [-0.4, -0.2) is 17.7 Å². The second-order valence-corrected chi connectivity index (χ2v) is 4.28. The monoisotopic (exact) mass is 242 g/mol. The first-order valence-corrected chi connectivity index (χ1v) is 5.25. The van der Waals surface area contributed by atoms with Crippen LogP contribution in [0.15, 0.2) is 24.3 Å². The fourth-order valence-corrected chi connectivity index (χ4v) is 2.18. The number of hydrogen-bond acceptors (Lipinski definition) is 2. The van der Waals surface area contributed by atoms with Crippen molar-refractivity contribution in [2.45, 2.75) is 25.4 Å². The Balaban J connectivity index is 2.21. The van der Waals surface area contributed by atoms with E-state index >= 15 is 0 Å². The second-order valence-electron chi connectivity index (χ2n) is 4.28. The topological polar surface area (TPSA) is 46.5 Å². The lowest BCUT2D eigenvalue weighted by atomic mass is 9.94. The van der Waals surface area contributed by atoms with E-state index in [4.69, 9.17) is 0 Å². The number of hydrogen-bond donors (Lipinski definition) is 1. The van der Waals surface area contributed by atoms with E-state index in [0.717, 1.165) is 0 Å². The fraction of sp³-hybridized carbons (Fsp3) is 0.417. The van der Waals surface area contributed by atoms with Gasteiger partial charge in [-0.3, -0.25) is 4.79 Å². The van der Waals surface area contributed by atoms with Crippen molar-refractivity contribution in [3.8, 4) is 5.75 Å². The van der Waals surface area contributed by atoms with E-state index in [1.807, 2.05) is 6.92 Å². The van der Waals surface area contributed by atoms with Crippen molar-refractivity contribution in [3.05, 3.63) is 29.8 Å². The van der Waals surface area contributed by atoms with Gasteiger partial charge >= 0.3 is 12.6 Å². The SMILES string of the molecule is CC1CC1(C(=O)O)c1ccc(OC(F)F)cc1. The molecule has 2 rings (SSSR count). The van der Waals surface area contributed by atoms with Gasteiger partial charge in [-0.1, -0.05) is 19.1 Å². The van der Waals surface area contributed by atoms with Crippen LogP contribution >= 0.6 is 0 Å². The number of rotatable bonds is 4. The van der Waals surface area contributed by atoms with E-state index in [2.05, 4.69) is 4.74 Å². The van der Waals surface area contributed by atoms with E-state index < -0.39 is 18.0 Å². The number of benzene rings is 1. The summed E-state index contributed by atoms with van der Waals surface area (Å²) in [5.41, 5.74) is -0.206. The molecule has 0 spiro atoms. The minimum atomic E-state index is -2.87. The predicted octanol–water partition coefficient (Wildman–Crippen LogP) is 2.65. The molecule has 0 amide bonds. The van der Waals surface area contributed by atoms with Gasteiger partial charge in [0.1, 0.15) is 5.75 Å². The molecule has 1 aromatic rings. The van der Waals surface area contributed by atoms with Crippen LogP contribution in [0.2, 0.25) is 0 Å². The maximum absolute atomic E-state index is 11.9. The minimum absolute atomic E-state index is 0.0394. The first-order valence-electron chi connectivity index (χ1n) is 5.25. The first-order chi connectivity index (χ1) is 7.96. The molecular formula is C12H12F2O3. The Bertz CT molecular complexity index is 430. The summed E-state index contributed by atoms with van der Waals surface area (Å²) in [4.78, 5) is 11.2. The highest BCUT2D eigenvalue weighted by Gasteiger charge is 2.58. The minimum Gasteiger partial charge on any atom is -0.481 e. The lowest BCUT2D eigenvalue weighted by molar-refractivity contribution is -0.140. The number of carboxylic acid groups (broad SMARTS) is 1. The second kappa shape index (κ2) is 3.98. The molecule has 1 aliphatic rings. The van der Waals surface area contributed by atoms with Gasteiger partial charge in [-0.25, -0.2) is 0 Å². The zero-order chi connectivity index (χ0) is 12.6. The van der Waals surface area contributed by atoms with Gasteiger partial charge in [-0.15, -0.1) is 0 Å². The van der Waals surface area contributed by atoms with Crippen LogP contribution in [-0.2, 0) is 10.2 Å². The lowest BCUT2D eigenvalue weighted by Crippen LogP contribution is -2.21. The molecule has 0 radical (unpaired) electrons. The third-order valence-corrected chi connectivity index (χ3v) is 3.29. The van der Waals surface area contributed by atoms with Crippen LogP contribution in [0.25, 0.3) is 0 Å². The first kappa shape index (κ1) is 11.8. The number of carboxylic acids is 1. The van der Waals surface area contributed by atoms with E-state index in [1.165, 1.54) is 24.3 Å². The zero-order valence-corrected chi connectivity index (χ0v) is 9.19. The molecule has 0 heterocycles. The Labute approximate surface area is 97.0 Å². The molecule has 1 saturated carbocycles. The Kier molecular flexibility index (Phi) is 2.77. The highest BCUT2D eigenvalue weighted by atomic mass is 19.3. The van der Waals surface area contributed by atoms with Gasteiger partial charge in [0, 0.05) is 0 Å². The summed E-state index contributed by atoms with van der Waals surface area (Å²) < 4.78 is 28.1. The Hall–Kier alpha value is -1.65. The molecule has 0 aromatic heterocycles. The standard InChI is InChI=1S/C12H12F2O3/c1-7-6-12(7,10(15)16)8-2-4-9(5-3-8)17-11(13)14/h2-5,7,11H,6H2,1H3,(H,15,16). The molecular weight excluding hydrogens is 230 g/mol. The molecule has 0 saturated heterocycles. The molecule has 1 aromatic carbocycles. The van der Waals surface area contributed by atoms with E-state index in [9.17, 15) is 18.7 Å². The summed E-state index contributed by atoms with van der Waals surface area (Å²) in [5, 5.41) is 9.19. The third kappa shape index (κ3) is 1.97. The molecule has 1 N–H and O–H groups in total. The van der Waals surface area contributed by atoms with Crippen LogP contribution < -0.4 is 4.74 Å². The molecule has 17 heavy (non-hydrogen) atoms. The third-order valence-electron chi connectivity index (χ3n) is 3.29. The van der Waals surface area contributed by atoms with Crippen molar-refractivity contribution in [1.82, 2.24) is 0 Å². The van der Waals surface area contributed by atoms with Gasteiger partial charge in [-0.2, -0.15) is 8.78 Å². The maximum Gasteiger partial charge on any atom is 0.387 e. The summed E-state index contributed by atoms with van der Waals surface area (Å²) >= 11 is 0. The fourth-order valence-electron chi connectivity index (χ4n) is 2.18. The van der Waals surface area contributed by atoms with Gasteiger partial charge in [0.2, 0.25) is 0 Å². The average Bonchev–Trinajstić information content (AvgIpc) is 2.92. The number of halogens is 2. The maximum atomic E-state index is 11.9. The Morgan fingerprint density at radius 1 is 1.47 bits per heavy atom. The number of aliphatic carboxylic acids is 1. The molecule has 3 nitrogen and oxygen atoms in total. The largest absolute Gasteiger partial charge is 0.481 e. The van der Waals surface area contributed by atoms with Crippen LogP contribution in [0.3, 0.4) is 0 Å². The van der Waals surface area contributed by atoms with Crippen LogP contribution in [0.4, 0.5) is 8.78 Å². The van der Waals surface area contributed by atoms with Crippen molar-refractivity contribution < 1.29 is 23.4 Å². The van der Waals surface area contributed by atoms with Crippen molar-refractivity contribution in [3.63, 3.8) is 0 Å². The van der Waals surface area contributed by atoms with Crippen molar-refractivity contribution >= 4 is 5.97 Å². The molecule has 92 valence electrons. The highest BCUT2D eigenvalue weighted by molar-refractivity contribution is 5.85. The van der Waals surface area contributed by atoms with Crippen LogP contribution in [0.1, 0.15) is 18.9 Å². The van der Waals surface area contributed by atoms with Crippen LogP contribution in [0.5, 0.6) is 5.75 Å². The predicted molar refractivity (Wildman–Crippen MR) is 56.2 cm³/mol. The summed E-state index contributed by atoms with van der Waals surface area (Å²) in [6, 6.07) is 5.82. The lowest BCUT2D eigenvalue weighted by Gasteiger charge is -2.12. The zero-order valence-electron chi connectivity index (χ0n) is 9.19. The number of alkyl halides is 2. The Morgan fingerprint density at radius 2 is 2.00 bits per heavy atom. The summed E-state index contributed by atoms with van der Waals surface area (Å²) in [6.45, 7) is -1.01. The van der Waals surface area contributed by atoms with E-state index in [-0.39, 0.29) is 11.7 Å². The van der Waals surface area contributed by atoms with Crippen LogP contribution in [0, 0.1) is 5.92 Å². The summed E-state index contributed by atoms with van der Waals surface area (Å²) in [6.07, 6.45) is 0.581. The summed E-state index contributed by atoms with van der Waals surface area (Å²) in [7, 11) is 0. The molecule has 1 aliphatic carbocycles. The van der Waals surface area contributed by atoms with Gasteiger partial charge in [0.15, 0.2) is 0 Å². The molecule has 5 heteroatoms. The van der Waals surface area contributed by atoms with Gasteiger partial charge in [0.25, 0.3) is 0 Å². The van der Waals surface area contributed by atoms with E-state index in [0.29, 0.717) is 12.0 Å². The normalized spacial score (nSPS) is 26.9. The van der Waals surface area contributed by atoms with Gasteiger partial charge in [0.05, 0.1) is 5.41 Å². The van der Waals surface area contributed by atoms with Gasteiger partial charge < -0.3 is 9.84 Å². The average molecular weight is 242 g/mol. The van der Waals surface area contributed by atoms with Crippen molar-refractivity contribution in [2.75, 3.05) is 0 Å². The molecule has 1 fully saturated rings. The van der Waals surface area contributed by atoms with Crippen molar-refractivity contribution in [2.24, 2.45) is 5.92 Å². The molecule has 2 unspecified atom stereocenters. The molecule has 0 bridgehead atoms. The summed E-state index contributed by atoms with van der Waals surface area (Å²) in [5.74, 6) is -0.757. The quantitative estimate of drug-likeness (QED) is 0.882. The van der Waals surface area contributed by atoms with E-state index in [1.54, 1.807) is 0 Å². The van der Waals surface area contributed by atoms with Gasteiger partial charge in [-0.05, 0) is 30.0 Å². The molecule has 0 aliphatic heterocycles. The number of ether oxygens (including phenoxy) is 1. The highest BCUT2D eigenvalue weighted by Crippen LogP contribution is 2.54. The van der Waals surface area contributed by atoms with Crippen molar-refractivity contribution in [1.29, 1.82) is 0 Å².